The van der Waals surface area contributed by atoms with Crippen LogP contribution >= 0.6 is 0 Å². The molecule has 2 bridgehead atoms. The summed E-state index contributed by atoms with van der Waals surface area (Å²) in [7, 11) is 0. The average Bonchev–Trinajstić information content (AvgIpc) is 3.56. The van der Waals surface area contributed by atoms with Crippen molar-refractivity contribution in [3.05, 3.63) is 48.3 Å². The lowest BCUT2D eigenvalue weighted by Crippen LogP contribution is -2.81. The molecule has 2 aliphatic carbocycles. The third-order valence-electron chi connectivity index (χ3n) is 8.59. The average molecular weight is 533 g/mol. The fourth-order valence-electron chi connectivity index (χ4n) is 7.06. The van der Waals surface area contributed by atoms with Crippen LogP contribution in [0.25, 0.3) is 0 Å². The molecule has 0 radical (unpaired) electrons. The van der Waals surface area contributed by atoms with Crippen molar-refractivity contribution < 1.29 is 52.4 Å². The van der Waals surface area contributed by atoms with Gasteiger partial charge in [0.2, 0.25) is 11.5 Å². The number of furan rings is 2. The monoisotopic (exact) mass is 532 g/mol. The topological polar surface area (TPSA) is 155 Å². The quantitative estimate of drug-likeness (QED) is 0.431. The summed E-state index contributed by atoms with van der Waals surface area (Å²) in [4.78, 5) is 38.5. The molecule has 2 N–H and O–H groups in total. The van der Waals surface area contributed by atoms with Crippen molar-refractivity contribution in [2.45, 2.75) is 88.7 Å². The van der Waals surface area contributed by atoms with Crippen LogP contribution in [0.5, 0.6) is 0 Å². The molecule has 5 rings (SSSR count). The van der Waals surface area contributed by atoms with Crippen molar-refractivity contribution in [2.75, 3.05) is 0 Å². The Morgan fingerprint density at radius 3 is 2.03 bits per heavy atom. The first-order valence-corrected chi connectivity index (χ1v) is 12.5. The highest BCUT2D eigenvalue weighted by molar-refractivity contribution is 5.87. The summed E-state index contributed by atoms with van der Waals surface area (Å²) in [5, 5.41) is 23.2. The van der Waals surface area contributed by atoms with Gasteiger partial charge in [0.1, 0.15) is 23.9 Å². The second-order valence-corrected chi connectivity index (χ2v) is 11.3. The molecule has 1 saturated heterocycles. The first kappa shape index (κ1) is 26.5. The molecule has 0 amide bonds. The number of esters is 3. The van der Waals surface area contributed by atoms with E-state index in [-0.39, 0.29) is 24.4 Å². The molecule has 206 valence electrons. The molecule has 11 heteroatoms. The maximum Gasteiger partial charge on any atom is 0.374 e. The van der Waals surface area contributed by atoms with Gasteiger partial charge in [-0.05, 0) is 58.4 Å². The van der Waals surface area contributed by atoms with Crippen LogP contribution in [0.1, 0.15) is 68.6 Å². The standard InChI is InChI=1S/C27H32O11/c1-14(28)35-21-16(29)13-25(4,32)27-20(37-23(31)18-9-7-11-34-18)15(24(2,3)38-27)12-19(26(21,27)5)36-22(30)17-8-6-10-33-17/h6-11,15-16,19-21,29,32H,12-13H2,1-5H3/t15?,16-,19-,20+,21-,25?,26+,27-/m0/s1. The Labute approximate surface area is 219 Å². The predicted molar refractivity (Wildman–Crippen MR) is 127 cm³/mol. The Kier molecular flexibility index (Phi) is 6.05. The zero-order valence-corrected chi connectivity index (χ0v) is 21.8. The molecule has 8 atom stereocenters. The van der Waals surface area contributed by atoms with E-state index in [2.05, 4.69) is 0 Å². The van der Waals surface area contributed by atoms with E-state index in [9.17, 15) is 24.6 Å². The van der Waals surface area contributed by atoms with E-state index in [1.54, 1.807) is 26.8 Å². The van der Waals surface area contributed by atoms with E-state index in [1.807, 2.05) is 0 Å². The minimum Gasteiger partial charge on any atom is -0.459 e. The van der Waals surface area contributed by atoms with Gasteiger partial charge in [0.05, 0.1) is 35.2 Å². The van der Waals surface area contributed by atoms with Crippen LogP contribution in [0.15, 0.2) is 45.6 Å². The summed E-state index contributed by atoms with van der Waals surface area (Å²) in [5.41, 5.74) is -6.18. The zero-order chi connectivity index (χ0) is 27.7. The molecule has 1 aliphatic heterocycles. The summed E-state index contributed by atoms with van der Waals surface area (Å²) in [6.07, 6.45) is -2.25. The van der Waals surface area contributed by atoms with Crippen molar-refractivity contribution in [1.82, 2.24) is 0 Å². The minimum atomic E-state index is -1.83. The zero-order valence-electron chi connectivity index (χ0n) is 21.8. The lowest BCUT2D eigenvalue weighted by molar-refractivity contribution is -0.342. The van der Waals surface area contributed by atoms with E-state index in [1.165, 1.54) is 44.6 Å². The number of hydrogen-bond donors (Lipinski definition) is 2. The molecule has 2 unspecified atom stereocenters. The Balaban J connectivity index is 1.68. The van der Waals surface area contributed by atoms with Crippen LogP contribution in [0.2, 0.25) is 0 Å². The van der Waals surface area contributed by atoms with Crippen LogP contribution in [0.4, 0.5) is 0 Å². The molecule has 38 heavy (non-hydrogen) atoms. The summed E-state index contributed by atoms with van der Waals surface area (Å²) in [6, 6.07) is 5.98. The molecule has 2 saturated carbocycles. The second kappa shape index (κ2) is 8.69. The Morgan fingerprint density at radius 1 is 0.921 bits per heavy atom. The molecular weight excluding hydrogens is 500 g/mol. The Bertz CT molecular complexity index is 1210. The number of carbonyl (C=O) groups excluding carboxylic acids is 3. The van der Waals surface area contributed by atoms with E-state index in [0.29, 0.717) is 0 Å². The summed E-state index contributed by atoms with van der Waals surface area (Å²) < 4.78 is 34.8. The fraction of sp³-hybridized carbons (Fsp3) is 0.593. The van der Waals surface area contributed by atoms with Gasteiger partial charge >= 0.3 is 17.9 Å². The number of fused-ring (bicyclic) bond motifs is 1. The van der Waals surface area contributed by atoms with Crippen LogP contribution in [-0.2, 0) is 23.7 Å². The highest BCUT2D eigenvalue weighted by Crippen LogP contribution is 2.68. The number of rotatable bonds is 5. The van der Waals surface area contributed by atoms with Crippen LogP contribution in [0.3, 0.4) is 0 Å². The molecular formula is C27H32O11. The van der Waals surface area contributed by atoms with Gasteiger partial charge in [0.15, 0.2) is 0 Å². The lowest BCUT2D eigenvalue weighted by atomic mass is 9.47. The number of hydrogen-bond acceptors (Lipinski definition) is 11. The van der Waals surface area contributed by atoms with Gasteiger partial charge in [-0.15, -0.1) is 0 Å². The fourth-order valence-corrected chi connectivity index (χ4v) is 7.06. The predicted octanol–water partition coefficient (Wildman–Crippen LogP) is 2.64. The highest BCUT2D eigenvalue weighted by atomic mass is 16.6. The normalized spacial score (nSPS) is 39.2. The largest absolute Gasteiger partial charge is 0.459 e. The summed E-state index contributed by atoms with van der Waals surface area (Å²) in [6.45, 7) is 7.86. The molecule has 2 aromatic heterocycles. The lowest BCUT2D eigenvalue weighted by Gasteiger charge is -2.65. The SMILES string of the molecule is CC(=O)O[C@H]1[C@@H](O)CC(C)(O)[C@]23OC(C)(C)C(C[C@H](OC(=O)c4ccco4)[C@]12C)[C@H]3OC(=O)c1ccco1. The summed E-state index contributed by atoms with van der Waals surface area (Å²) in [5.74, 6) is -2.89. The number of aliphatic hydroxyl groups is 2. The van der Waals surface area contributed by atoms with Crippen molar-refractivity contribution >= 4 is 17.9 Å². The van der Waals surface area contributed by atoms with E-state index in [4.69, 9.17) is 27.8 Å². The van der Waals surface area contributed by atoms with Crippen LogP contribution in [0, 0.1) is 11.3 Å². The Morgan fingerprint density at radius 2 is 1.50 bits per heavy atom. The first-order valence-electron chi connectivity index (χ1n) is 12.5. The van der Waals surface area contributed by atoms with E-state index < -0.39 is 70.5 Å². The van der Waals surface area contributed by atoms with Gasteiger partial charge in [0.25, 0.3) is 0 Å². The third kappa shape index (κ3) is 3.63. The van der Waals surface area contributed by atoms with Gasteiger partial charge in [-0.1, -0.05) is 0 Å². The molecule has 3 aliphatic rings. The minimum absolute atomic E-state index is 0.0429. The van der Waals surface area contributed by atoms with Crippen LogP contribution in [-0.4, -0.2) is 69.3 Å². The molecule has 0 aromatic carbocycles. The van der Waals surface area contributed by atoms with Crippen LogP contribution < -0.4 is 0 Å². The van der Waals surface area contributed by atoms with Gasteiger partial charge in [-0.2, -0.15) is 0 Å². The van der Waals surface area contributed by atoms with Crippen molar-refractivity contribution in [3.63, 3.8) is 0 Å². The molecule has 11 nitrogen and oxygen atoms in total. The first-order chi connectivity index (χ1) is 17.7. The van der Waals surface area contributed by atoms with Gasteiger partial charge in [-0.25, -0.2) is 9.59 Å². The van der Waals surface area contributed by atoms with Crippen molar-refractivity contribution in [2.24, 2.45) is 11.3 Å². The van der Waals surface area contributed by atoms with Crippen molar-refractivity contribution in [3.8, 4) is 0 Å². The van der Waals surface area contributed by atoms with Gasteiger partial charge in [-0.3, -0.25) is 4.79 Å². The molecule has 3 heterocycles. The maximum absolute atomic E-state index is 13.1. The maximum atomic E-state index is 13.1. The Hall–Kier alpha value is -3.15. The molecule has 1 spiro atoms. The molecule has 3 fully saturated rings. The van der Waals surface area contributed by atoms with E-state index >= 15 is 0 Å². The summed E-state index contributed by atoms with van der Waals surface area (Å²) >= 11 is 0. The van der Waals surface area contributed by atoms with Crippen molar-refractivity contribution in [1.29, 1.82) is 0 Å². The number of ether oxygens (including phenoxy) is 4. The van der Waals surface area contributed by atoms with Gasteiger partial charge in [0, 0.05) is 19.3 Å². The third-order valence-corrected chi connectivity index (χ3v) is 8.59. The highest BCUT2D eigenvalue weighted by Gasteiger charge is 2.84. The second-order valence-electron chi connectivity index (χ2n) is 11.3. The van der Waals surface area contributed by atoms with Gasteiger partial charge < -0.3 is 38.0 Å². The number of carbonyl (C=O) groups is 3. The van der Waals surface area contributed by atoms with E-state index in [0.717, 1.165) is 0 Å². The number of aliphatic hydroxyl groups excluding tert-OH is 1. The molecule has 2 aromatic rings. The smallest absolute Gasteiger partial charge is 0.374 e.